The van der Waals surface area contributed by atoms with Crippen molar-refractivity contribution in [3.63, 3.8) is 0 Å². The second-order valence-electron chi connectivity index (χ2n) is 14.1. The summed E-state index contributed by atoms with van der Waals surface area (Å²) in [5.41, 5.74) is 5.35. The minimum atomic E-state index is -4.62. The molecule has 0 fully saturated rings. The van der Waals surface area contributed by atoms with E-state index in [1.54, 1.807) is 0 Å². The van der Waals surface area contributed by atoms with Crippen LogP contribution in [0.3, 0.4) is 0 Å². The lowest BCUT2D eigenvalue weighted by Crippen LogP contribution is -2.34. The molecule has 0 rings (SSSR count). The number of phosphoric acid groups is 1. The molecule has 0 bridgehead atoms. The topological polar surface area (TPSA) is 155 Å². The van der Waals surface area contributed by atoms with E-state index in [1.807, 2.05) is 0 Å². The highest BCUT2D eigenvalue weighted by molar-refractivity contribution is 7.47. The van der Waals surface area contributed by atoms with Crippen LogP contribution in [0.15, 0.2) is 48.6 Å². The Kier molecular flexibility index (Phi) is 37.7. The monoisotopic (exact) mass is 784 g/mol. The number of hydrogen-bond donors (Lipinski definition) is 3. The average molecular weight is 784 g/mol. The summed E-state index contributed by atoms with van der Waals surface area (Å²) in [6.45, 7) is 3.76. The zero-order valence-corrected chi connectivity index (χ0v) is 35.0. The van der Waals surface area contributed by atoms with Crippen molar-refractivity contribution in [1.82, 2.24) is 0 Å². The number of carbonyl (C=O) groups excluding carboxylic acids is 1. The van der Waals surface area contributed by atoms with E-state index in [0.29, 0.717) is 13.0 Å². The van der Waals surface area contributed by atoms with Crippen molar-refractivity contribution in [2.45, 2.75) is 187 Å². The van der Waals surface area contributed by atoms with Gasteiger partial charge in [-0.05, 0) is 70.6 Å². The minimum Gasteiger partial charge on any atom is -0.480 e. The number of nitrogens with two attached hydrogens (primary N) is 1. The number of esters is 1. The molecule has 3 unspecified atom stereocenters. The van der Waals surface area contributed by atoms with Crippen molar-refractivity contribution in [2.24, 2.45) is 5.73 Å². The molecule has 0 aromatic carbocycles. The lowest BCUT2D eigenvalue weighted by molar-refractivity contribution is -0.154. The number of allylic oxidation sites excluding steroid dienone is 8. The molecule has 0 aliphatic carbocycles. The van der Waals surface area contributed by atoms with Crippen LogP contribution in [0.1, 0.15) is 174 Å². The van der Waals surface area contributed by atoms with Crippen LogP contribution in [0.4, 0.5) is 0 Å². The standard InChI is InChI=1S/C43H78NO9P/c1-3-5-7-9-11-13-15-17-19-20-21-22-23-25-27-29-31-33-35-42(45)53-40(38-51-54(48,49)52-39-41(44)43(46)47)37-50-36-34-32-30-28-26-24-18-16-14-12-10-8-6-4-2/h8,10,13-16,19-20,40-41H,3-7,9,11-12,17-18,21-39,44H2,1-2H3,(H,46,47)(H,48,49)/b10-8-,15-13-,16-14-,20-19-. The predicted molar refractivity (Wildman–Crippen MR) is 221 cm³/mol. The molecule has 0 aliphatic rings. The average Bonchev–Trinajstić information content (AvgIpc) is 3.15. The molecule has 0 aromatic rings. The second kappa shape index (κ2) is 39.2. The van der Waals surface area contributed by atoms with Gasteiger partial charge in [-0.15, -0.1) is 0 Å². The molecule has 3 atom stereocenters. The maximum Gasteiger partial charge on any atom is 0.472 e. The molecule has 0 radical (unpaired) electrons. The number of hydrogen-bond acceptors (Lipinski definition) is 8. The number of unbranched alkanes of at least 4 members (excludes halogenated alkanes) is 18. The lowest BCUT2D eigenvalue weighted by atomic mass is 10.1. The van der Waals surface area contributed by atoms with Crippen molar-refractivity contribution in [3.05, 3.63) is 48.6 Å². The van der Waals surface area contributed by atoms with Crippen molar-refractivity contribution in [3.8, 4) is 0 Å². The van der Waals surface area contributed by atoms with Crippen molar-refractivity contribution >= 4 is 19.8 Å². The van der Waals surface area contributed by atoms with E-state index >= 15 is 0 Å². The molecule has 0 amide bonds. The van der Waals surface area contributed by atoms with Gasteiger partial charge in [0.25, 0.3) is 0 Å². The maximum absolute atomic E-state index is 12.6. The Morgan fingerprint density at radius 3 is 1.57 bits per heavy atom. The molecule has 0 heterocycles. The maximum atomic E-state index is 12.6. The number of ether oxygens (including phenoxy) is 2. The van der Waals surface area contributed by atoms with Gasteiger partial charge in [-0.2, -0.15) is 0 Å². The summed E-state index contributed by atoms with van der Waals surface area (Å²) in [4.78, 5) is 33.5. The molecule has 0 saturated heterocycles. The minimum absolute atomic E-state index is 0.00532. The molecule has 0 saturated carbocycles. The number of aliphatic carboxylic acids is 1. The van der Waals surface area contributed by atoms with Crippen LogP contribution in [0, 0.1) is 0 Å². The lowest BCUT2D eigenvalue weighted by Gasteiger charge is -2.20. The van der Waals surface area contributed by atoms with E-state index in [9.17, 15) is 19.0 Å². The van der Waals surface area contributed by atoms with Gasteiger partial charge >= 0.3 is 19.8 Å². The Labute approximate surface area is 329 Å². The molecule has 0 aromatic heterocycles. The van der Waals surface area contributed by atoms with Crippen LogP contribution in [0.25, 0.3) is 0 Å². The summed E-state index contributed by atoms with van der Waals surface area (Å²) >= 11 is 0. The molecule has 54 heavy (non-hydrogen) atoms. The van der Waals surface area contributed by atoms with E-state index in [4.69, 9.17) is 29.4 Å². The summed E-state index contributed by atoms with van der Waals surface area (Å²) in [6.07, 6.45) is 44.4. The Balaban J connectivity index is 4.28. The summed E-state index contributed by atoms with van der Waals surface area (Å²) in [5.74, 6) is -1.79. The normalized spacial score (nSPS) is 14.4. The fourth-order valence-electron chi connectivity index (χ4n) is 5.49. The van der Waals surface area contributed by atoms with Gasteiger partial charge in [0.15, 0.2) is 0 Å². The first kappa shape index (κ1) is 51.9. The van der Waals surface area contributed by atoms with Gasteiger partial charge in [0, 0.05) is 13.0 Å². The molecule has 10 nitrogen and oxygen atoms in total. The van der Waals surface area contributed by atoms with Gasteiger partial charge in [-0.3, -0.25) is 18.6 Å². The van der Waals surface area contributed by atoms with Gasteiger partial charge in [-0.1, -0.05) is 146 Å². The molecule has 0 aliphatic heterocycles. The van der Waals surface area contributed by atoms with Gasteiger partial charge in [0.05, 0.1) is 19.8 Å². The fourth-order valence-corrected chi connectivity index (χ4v) is 6.27. The molecule has 0 spiro atoms. The third-order valence-electron chi connectivity index (χ3n) is 8.81. The van der Waals surface area contributed by atoms with Crippen LogP contribution in [-0.2, 0) is 32.7 Å². The Hall–Kier alpha value is -2.07. The fraction of sp³-hybridized carbons (Fsp3) is 0.767. The van der Waals surface area contributed by atoms with E-state index < -0.39 is 45.1 Å². The predicted octanol–water partition coefficient (Wildman–Crippen LogP) is 11.5. The molecular formula is C43H78NO9P. The number of carboxylic acids is 1. The van der Waals surface area contributed by atoms with Crippen LogP contribution in [0.5, 0.6) is 0 Å². The smallest absolute Gasteiger partial charge is 0.472 e. The highest BCUT2D eigenvalue weighted by atomic mass is 31.2. The quantitative estimate of drug-likeness (QED) is 0.0237. The molecule has 11 heteroatoms. The van der Waals surface area contributed by atoms with Crippen LogP contribution < -0.4 is 5.73 Å². The van der Waals surface area contributed by atoms with E-state index in [2.05, 4.69) is 62.5 Å². The zero-order valence-electron chi connectivity index (χ0n) is 34.1. The Morgan fingerprint density at radius 1 is 0.593 bits per heavy atom. The van der Waals surface area contributed by atoms with Gasteiger partial charge in [0.2, 0.25) is 0 Å². The molecule has 314 valence electrons. The summed E-state index contributed by atoms with van der Waals surface area (Å²) in [5, 5.41) is 8.89. The first-order valence-electron chi connectivity index (χ1n) is 21.2. The number of rotatable bonds is 40. The Morgan fingerprint density at radius 2 is 1.06 bits per heavy atom. The third-order valence-corrected chi connectivity index (χ3v) is 9.76. The largest absolute Gasteiger partial charge is 0.480 e. The van der Waals surface area contributed by atoms with Gasteiger partial charge in [0.1, 0.15) is 12.1 Å². The van der Waals surface area contributed by atoms with E-state index in [-0.39, 0.29) is 13.0 Å². The van der Waals surface area contributed by atoms with E-state index in [1.165, 1.54) is 77.0 Å². The first-order valence-corrected chi connectivity index (χ1v) is 22.7. The second-order valence-corrected chi connectivity index (χ2v) is 15.6. The van der Waals surface area contributed by atoms with Gasteiger partial charge < -0.3 is 25.2 Å². The number of carbonyl (C=O) groups is 2. The number of carboxylic acid groups (broad SMARTS) is 1. The Bertz CT molecular complexity index is 1050. The highest BCUT2D eigenvalue weighted by Gasteiger charge is 2.27. The van der Waals surface area contributed by atoms with Crippen LogP contribution in [0.2, 0.25) is 0 Å². The van der Waals surface area contributed by atoms with Crippen LogP contribution in [-0.4, -0.2) is 60.5 Å². The molecular weight excluding hydrogens is 705 g/mol. The summed E-state index contributed by atoms with van der Waals surface area (Å²) in [6, 6.07) is -1.48. The summed E-state index contributed by atoms with van der Waals surface area (Å²) in [7, 11) is -4.62. The van der Waals surface area contributed by atoms with Crippen molar-refractivity contribution < 1.29 is 42.7 Å². The first-order chi connectivity index (χ1) is 26.2. The van der Waals surface area contributed by atoms with Gasteiger partial charge in [-0.25, -0.2) is 4.57 Å². The number of phosphoric ester groups is 1. The third kappa shape index (κ3) is 38.2. The van der Waals surface area contributed by atoms with E-state index in [0.717, 1.165) is 70.6 Å². The SMILES string of the molecule is CCC/C=C\C/C=C\CCCCCCCCOCC(COP(=O)(O)OCC(N)C(=O)O)OC(=O)CCCCCCCCC/C=C\C/C=C\CCCCCC. The molecule has 4 N–H and O–H groups in total. The van der Waals surface area contributed by atoms with Crippen LogP contribution >= 0.6 is 7.82 Å². The van der Waals surface area contributed by atoms with Crippen molar-refractivity contribution in [2.75, 3.05) is 26.4 Å². The summed E-state index contributed by atoms with van der Waals surface area (Å²) < 4.78 is 33.3. The van der Waals surface area contributed by atoms with Crippen molar-refractivity contribution in [1.29, 1.82) is 0 Å². The zero-order chi connectivity index (χ0) is 39.8. The highest BCUT2D eigenvalue weighted by Crippen LogP contribution is 2.43.